The van der Waals surface area contributed by atoms with Crippen molar-refractivity contribution in [3.63, 3.8) is 0 Å². The number of likely N-dealkylation sites (tertiary alicyclic amines) is 1. The molecule has 0 aliphatic carbocycles. The molecule has 1 fully saturated rings. The van der Waals surface area contributed by atoms with Crippen molar-refractivity contribution in [2.45, 2.75) is 38.5 Å². The van der Waals surface area contributed by atoms with Gasteiger partial charge in [0.1, 0.15) is 5.82 Å². The second-order valence-electron chi connectivity index (χ2n) is 7.25. The number of amides is 1. The van der Waals surface area contributed by atoms with Gasteiger partial charge in [-0.05, 0) is 19.3 Å². The van der Waals surface area contributed by atoms with Crippen molar-refractivity contribution in [1.82, 2.24) is 24.8 Å². The van der Waals surface area contributed by atoms with Crippen molar-refractivity contribution < 1.29 is 4.79 Å². The topological polar surface area (TPSA) is 74.8 Å². The van der Waals surface area contributed by atoms with Crippen molar-refractivity contribution in [2.75, 3.05) is 13.1 Å². The summed E-state index contributed by atoms with van der Waals surface area (Å²) in [6, 6.07) is 9.94. The minimum absolute atomic E-state index is 0.275. The number of hydrogen-bond acceptors (Lipinski definition) is 4. The van der Waals surface area contributed by atoms with Gasteiger partial charge in [0.25, 0.3) is 0 Å². The summed E-state index contributed by atoms with van der Waals surface area (Å²) in [5, 5.41) is 0. The van der Waals surface area contributed by atoms with E-state index in [0.29, 0.717) is 18.2 Å². The largest absolute Gasteiger partial charge is 0.343 e. The van der Waals surface area contributed by atoms with Gasteiger partial charge in [0.05, 0.1) is 11.9 Å². The molecule has 1 aliphatic heterocycles. The van der Waals surface area contributed by atoms with E-state index in [1.165, 1.54) is 0 Å². The summed E-state index contributed by atoms with van der Waals surface area (Å²) in [6.07, 6.45) is 8.97. The predicted octanol–water partition coefficient (Wildman–Crippen LogP) is 4.04. The van der Waals surface area contributed by atoms with Gasteiger partial charge in [-0.2, -0.15) is 0 Å². The lowest BCUT2D eigenvalue weighted by molar-refractivity contribution is -0.132. The SMILES string of the molecule is CCCC(=O)N1CCC(c2ncc(-c3cnc(-c4ccccc4)nc3)[nH]2)CC1. The number of rotatable bonds is 5. The van der Waals surface area contributed by atoms with Gasteiger partial charge >= 0.3 is 0 Å². The summed E-state index contributed by atoms with van der Waals surface area (Å²) < 4.78 is 0. The highest BCUT2D eigenvalue weighted by molar-refractivity contribution is 5.76. The van der Waals surface area contributed by atoms with E-state index in [4.69, 9.17) is 0 Å². The van der Waals surface area contributed by atoms with E-state index >= 15 is 0 Å². The van der Waals surface area contributed by atoms with E-state index in [1.54, 1.807) is 0 Å². The molecule has 4 rings (SSSR count). The van der Waals surface area contributed by atoms with Gasteiger partial charge in [-0.3, -0.25) is 4.79 Å². The molecule has 2 aromatic heterocycles. The zero-order valence-corrected chi connectivity index (χ0v) is 16.1. The molecule has 1 aromatic carbocycles. The molecule has 3 heterocycles. The number of piperidine rings is 1. The van der Waals surface area contributed by atoms with Crippen LogP contribution in [-0.4, -0.2) is 43.8 Å². The Balaban J connectivity index is 1.42. The first-order chi connectivity index (χ1) is 13.7. The number of benzene rings is 1. The molecule has 1 N–H and O–H groups in total. The predicted molar refractivity (Wildman–Crippen MR) is 109 cm³/mol. The number of carbonyl (C=O) groups excluding carboxylic acids is 1. The Labute approximate surface area is 165 Å². The van der Waals surface area contributed by atoms with Crippen LogP contribution in [0.5, 0.6) is 0 Å². The van der Waals surface area contributed by atoms with Crippen molar-refractivity contribution in [3.8, 4) is 22.6 Å². The third-order valence-corrected chi connectivity index (χ3v) is 5.29. The van der Waals surface area contributed by atoms with Crippen LogP contribution in [0.2, 0.25) is 0 Å². The summed E-state index contributed by atoms with van der Waals surface area (Å²) >= 11 is 0. The second-order valence-corrected chi connectivity index (χ2v) is 7.25. The zero-order valence-electron chi connectivity index (χ0n) is 16.1. The molecule has 0 saturated carbocycles. The molecule has 0 spiro atoms. The molecule has 1 amide bonds. The van der Waals surface area contributed by atoms with E-state index in [1.807, 2.05) is 60.7 Å². The fourth-order valence-electron chi connectivity index (χ4n) is 3.67. The molecule has 0 bridgehead atoms. The van der Waals surface area contributed by atoms with E-state index in [0.717, 1.165) is 55.0 Å². The fourth-order valence-corrected chi connectivity index (χ4v) is 3.67. The summed E-state index contributed by atoms with van der Waals surface area (Å²) in [4.78, 5) is 31.0. The number of imidazole rings is 1. The summed E-state index contributed by atoms with van der Waals surface area (Å²) in [6.45, 7) is 3.67. The number of aromatic amines is 1. The average molecular weight is 375 g/mol. The molecule has 1 saturated heterocycles. The van der Waals surface area contributed by atoms with E-state index < -0.39 is 0 Å². The maximum Gasteiger partial charge on any atom is 0.222 e. The first-order valence-corrected chi connectivity index (χ1v) is 9.95. The maximum atomic E-state index is 12.0. The monoisotopic (exact) mass is 375 g/mol. The normalized spacial score (nSPS) is 15.0. The van der Waals surface area contributed by atoms with Crippen molar-refractivity contribution in [1.29, 1.82) is 0 Å². The van der Waals surface area contributed by atoms with E-state index in [-0.39, 0.29) is 5.91 Å². The van der Waals surface area contributed by atoms with Gasteiger partial charge in [0.15, 0.2) is 5.82 Å². The molecule has 1 aliphatic rings. The van der Waals surface area contributed by atoms with Crippen molar-refractivity contribution >= 4 is 5.91 Å². The first-order valence-electron chi connectivity index (χ1n) is 9.95. The van der Waals surface area contributed by atoms with Crippen LogP contribution in [0, 0.1) is 0 Å². The number of nitrogens with one attached hydrogen (secondary N) is 1. The van der Waals surface area contributed by atoms with Crippen LogP contribution in [0.1, 0.15) is 44.3 Å². The Morgan fingerprint density at radius 1 is 1.04 bits per heavy atom. The average Bonchev–Trinajstić information content (AvgIpc) is 3.25. The number of carbonyl (C=O) groups is 1. The lowest BCUT2D eigenvalue weighted by Crippen LogP contribution is -2.37. The van der Waals surface area contributed by atoms with Gasteiger partial charge in [-0.1, -0.05) is 37.3 Å². The van der Waals surface area contributed by atoms with Crippen molar-refractivity contribution in [3.05, 3.63) is 54.7 Å². The Bertz CT molecular complexity index is 912. The summed E-state index contributed by atoms with van der Waals surface area (Å²) in [5.74, 6) is 2.35. The van der Waals surface area contributed by atoms with Crippen LogP contribution in [0.15, 0.2) is 48.9 Å². The minimum Gasteiger partial charge on any atom is -0.343 e. The Morgan fingerprint density at radius 3 is 2.43 bits per heavy atom. The molecule has 6 nitrogen and oxygen atoms in total. The molecule has 28 heavy (non-hydrogen) atoms. The quantitative estimate of drug-likeness (QED) is 0.730. The van der Waals surface area contributed by atoms with Crippen LogP contribution in [0.25, 0.3) is 22.6 Å². The molecule has 0 atom stereocenters. The lowest BCUT2D eigenvalue weighted by atomic mass is 9.96. The Hall–Kier alpha value is -3.02. The highest BCUT2D eigenvalue weighted by atomic mass is 16.2. The third kappa shape index (κ3) is 3.96. The highest BCUT2D eigenvalue weighted by Gasteiger charge is 2.25. The molecule has 0 unspecified atom stereocenters. The fraction of sp³-hybridized carbons (Fsp3) is 0.364. The molecule has 3 aromatic rings. The Morgan fingerprint density at radius 2 is 1.75 bits per heavy atom. The first kappa shape index (κ1) is 18.3. The van der Waals surface area contributed by atoms with Gasteiger partial charge in [0, 0.05) is 48.9 Å². The summed E-state index contributed by atoms with van der Waals surface area (Å²) in [7, 11) is 0. The van der Waals surface area contributed by atoms with Gasteiger partial charge in [-0.25, -0.2) is 15.0 Å². The highest BCUT2D eigenvalue weighted by Crippen LogP contribution is 2.28. The van der Waals surface area contributed by atoms with Gasteiger partial charge in [-0.15, -0.1) is 0 Å². The number of hydrogen-bond donors (Lipinski definition) is 1. The van der Waals surface area contributed by atoms with Crippen LogP contribution in [0.4, 0.5) is 0 Å². The standard InChI is InChI=1S/C22H25N5O/c1-2-6-20(28)27-11-9-17(10-12-27)22-25-15-19(26-22)18-13-23-21(24-14-18)16-7-4-3-5-8-16/h3-5,7-8,13-15,17H,2,6,9-12H2,1H3,(H,25,26). The molecular formula is C22H25N5O. The maximum absolute atomic E-state index is 12.0. The van der Waals surface area contributed by atoms with Crippen LogP contribution < -0.4 is 0 Å². The molecule has 6 heteroatoms. The number of nitrogens with zero attached hydrogens (tertiary/aromatic N) is 4. The minimum atomic E-state index is 0.275. The lowest BCUT2D eigenvalue weighted by Gasteiger charge is -2.31. The van der Waals surface area contributed by atoms with Crippen LogP contribution >= 0.6 is 0 Å². The van der Waals surface area contributed by atoms with E-state index in [2.05, 4.69) is 19.9 Å². The van der Waals surface area contributed by atoms with E-state index in [9.17, 15) is 4.79 Å². The molecule has 144 valence electrons. The van der Waals surface area contributed by atoms with Crippen molar-refractivity contribution in [2.24, 2.45) is 0 Å². The number of aromatic nitrogens is 4. The van der Waals surface area contributed by atoms with Crippen LogP contribution in [-0.2, 0) is 4.79 Å². The van der Waals surface area contributed by atoms with Gasteiger partial charge in [0.2, 0.25) is 5.91 Å². The molecule has 0 radical (unpaired) electrons. The summed E-state index contributed by atoms with van der Waals surface area (Å²) in [5.41, 5.74) is 2.86. The second kappa shape index (κ2) is 8.33. The van der Waals surface area contributed by atoms with Gasteiger partial charge < -0.3 is 9.88 Å². The number of H-pyrrole nitrogens is 1. The Kier molecular flexibility index (Phi) is 5.46. The van der Waals surface area contributed by atoms with Crippen LogP contribution in [0.3, 0.4) is 0 Å². The third-order valence-electron chi connectivity index (χ3n) is 5.29. The smallest absolute Gasteiger partial charge is 0.222 e. The molecular weight excluding hydrogens is 350 g/mol. The zero-order chi connectivity index (χ0) is 19.3.